The molecule has 0 aliphatic heterocycles. The largest absolute Gasteiger partial charge is 0.325 e. The van der Waals surface area contributed by atoms with E-state index in [4.69, 9.17) is 11.5 Å². The van der Waals surface area contributed by atoms with Gasteiger partial charge < -0.3 is 0 Å². The van der Waals surface area contributed by atoms with Gasteiger partial charge in [0.2, 0.25) is 11.6 Å². The molecule has 21 heteroatoms. The van der Waals surface area contributed by atoms with Gasteiger partial charge in [0, 0.05) is 11.0 Å². The third-order valence-electron chi connectivity index (χ3n) is 6.33. The lowest BCUT2D eigenvalue weighted by molar-refractivity contribution is 0.375. The van der Waals surface area contributed by atoms with Gasteiger partial charge in [0.15, 0.2) is 98.9 Å². The van der Waals surface area contributed by atoms with Crippen LogP contribution in [0.3, 0.4) is 0 Å². The lowest BCUT2D eigenvalue weighted by atomic mass is 9.58. The van der Waals surface area contributed by atoms with Crippen molar-refractivity contribution in [1.29, 1.82) is 0 Å². The number of hydrogen-bond donors (Lipinski definition) is 0. The molecule has 0 fully saturated rings. The lowest BCUT2D eigenvalue weighted by Gasteiger charge is -2.21. The highest BCUT2D eigenvalue weighted by Gasteiger charge is 2.41. The molecule has 0 aliphatic rings. The van der Waals surface area contributed by atoms with E-state index in [0.29, 0.717) is 0 Å². The average molecular weight is 721 g/mol. The molecular weight excluding hydrogens is 720 g/mol. The highest BCUT2D eigenvalue weighted by atomic mass is 35.5. The highest BCUT2D eigenvalue weighted by Crippen LogP contribution is 2.38. The molecule has 0 nitrogen and oxygen atoms in total. The van der Waals surface area contributed by atoms with Gasteiger partial charge in [-0.05, 0) is 17.1 Å². The summed E-state index contributed by atoms with van der Waals surface area (Å²) >= 11 is 5.61. The van der Waals surface area contributed by atoms with Crippen molar-refractivity contribution in [2.75, 3.05) is 0 Å². The third-order valence-corrected chi connectivity index (χ3v) is 6.77. The summed E-state index contributed by atoms with van der Waals surface area (Å²) in [4.78, 5) is 0. The van der Waals surface area contributed by atoms with E-state index in [1.54, 1.807) is 0 Å². The molecule has 0 bridgehead atoms. The maximum absolute atomic E-state index is 15.4. The molecule has 47 heavy (non-hydrogen) atoms. The fourth-order valence-corrected chi connectivity index (χ4v) is 4.54. The molecule has 4 rings (SSSR count). The zero-order valence-corrected chi connectivity index (χ0v) is 22.0. The smallest absolute Gasteiger partial charge is 0.204 e. The van der Waals surface area contributed by atoms with E-state index >= 15 is 8.78 Å². The molecule has 0 spiro atoms. The van der Waals surface area contributed by atoms with Crippen LogP contribution in [0, 0.1) is 111 Å². The van der Waals surface area contributed by atoms with Gasteiger partial charge in [-0.25, -0.2) is 83.4 Å². The van der Waals surface area contributed by atoms with Crippen molar-refractivity contribution >= 4 is 40.2 Å². The zero-order valence-electron chi connectivity index (χ0n) is 21.2. The summed E-state index contributed by atoms with van der Waals surface area (Å²) in [5.41, 5.74) is -15.4. The standard InChI is InChI=1S/C26HBClF19/c28-27(7-14(35)22(43)26(47)23(44)15(7)36)6-4(10(31)18(39)21(42)13(6)34)2(5-11(32)19(40)25(46)20(41)12(5)33)1-3-8(29)16(37)24(45)17(38)9(3)30/h1H/b2-1-. The summed E-state index contributed by atoms with van der Waals surface area (Å²) in [5, 5.41) is 0. The molecule has 0 aromatic heterocycles. The summed E-state index contributed by atoms with van der Waals surface area (Å²) in [5.74, 6) is -57.5. The molecule has 0 saturated heterocycles. The van der Waals surface area contributed by atoms with E-state index in [1.807, 2.05) is 0 Å². The highest BCUT2D eigenvalue weighted by molar-refractivity contribution is 7.21. The first-order chi connectivity index (χ1) is 21.7. The molecule has 0 heterocycles. The Kier molecular flexibility index (Phi) is 9.33. The number of hydrogen-bond acceptors (Lipinski definition) is 0. The average Bonchev–Trinajstić information content (AvgIpc) is 3.04. The van der Waals surface area contributed by atoms with Crippen molar-refractivity contribution in [2.24, 2.45) is 0 Å². The molecular formula is C26HBClF19. The van der Waals surface area contributed by atoms with Gasteiger partial charge in [0.1, 0.15) is 0 Å². The SMILES string of the molecule is Fc1c(F)c(F)c(/C=C(\c2c(F)c(F)c(F)c(F)c2F)c2c(F)c(F)c(F)c(F)c2B(Cl)c2c(F)c(F)c(F)c(F)c2F)c(F)c1F. The van der Waals surface area contributed by atoms with Crippen LogP contribution >= 0.6 is 11.5 Å². The second-order valence-electron chi connectivity index (χ2n) is 8.88. The van der Waals surface area contributed by atoms with E-state index < -0.39 is 156 Å². The van der Waals surface area contributed by atoms with Crippen LogP contribution in [0.1, 0.15) is 16.7 Å². The zero-order chi connectivity index (χ0) is 35.7. The molecule has 4 aromatic carbocycles. The van der Waals surface area contributed by atoms with Crippen LogP contribution in [-0.2, 0) is 0 Å². The second kappa shape index (κ2) is 12.3. The minimum absolute atomic E-state index is 0.893. The van der Waals surface area contributed by atoms with Gasteiger partial charge in [-0.15, -0.1) is 0 Å². The molecule has 0 radical (unpaired) electrons. The van der Waals surface area contributed by atoms with E-state index in [0.717, 1.165) is 0 Å². The predicted octanol–water partition coefficient (Wildman–Crippen LogP) is 8.26. The van der Waals surface area contributed by atoms with Crippen molar-refractivity contribution in [3.8, 4) is 0 Å². The predicted molar refractivity (Wildman–Crippen MR) is 123 cm³/mol. The Balaban J connectivity index is 2.34. The fourth-order valence-electron chi connectivity index (χ4n) is 4.14. The molecule has 0 aliphatic carbocycles. The van der Waals surface area contributed by atoms with Crippen LogP contribution in [0.25, 0.3) is 11.6 Å². The fraction of sp³-hybridized carbons (Fsp3) is 0. The van der Waals surface area contributed by atoms with E-state index in [9.17, 15) is 74.6 Å². The Hall–Kier alpha value is -4.36. The van der Waals surface area contributed by atoms with Gasteiger partial charge in [0.25, 0.3) is 0 Å². The summed E-state index contributed by atoms with van der Waals surface area (Å²) in [6.07, 6.45) is -4.50. The third kappa shape index (κ3) is 5.25. The molecule has 248 valence electrons. The molecule has 0 amide bonds. The van der Waals surface area contributed by atoms with Crippen LogP contribution in [0.2, 0.25) is 0 Å². The van der Waals surface area contributed by atoms with Crippen molar-refractivity contribution in [3.63, 3.8) is 0 Å². The lowest BCUT2D eigenvalue weighted by Crippen LogP contribution is -2.47. The molecule has 0 N–H and O–H groups in total. The van der Waals surface area contributed by atoms with E-state index in [2.05, 4.69) is 0 Å². The van der Waals surface area contributed by atoms with Gasteiger partial charge in [-0.1, -0.05) is 0 Å². The number of rotatable bonds is 5. The van der Waals surface area contributed by atoms with E-state index in [1.165, 1.54) is 0 Å². The number of halogens is 20. The van der Waals surface area contributed by atoms with Gasteiger partial charge in [-0.2, -0.15) is 11.5 Å². The molecule has 0 unspecified atom stereocenters. The summed E-state index contributed by atoms with van der Waals surface area (Å²) < 4.78 is 273. The van der Waals surface area contributed by atoms with Gasteiger partial charge in [-0.3, -0.25) is 0 Å². The first kappa shape index (κ1) is 35.5. The normalized spacial score (nSPS) is 12.0. The monoisotopic (exact) mass is 720 g/mol. The molecule has 0 atom stereocenters. The van der Waals surface area contributed by atoms with Crippen molar-refractivity contribution < 1.29 is 83.4 Å². The Labute approximate surface area is 251 Å². The van der Waals surface area contributed by atoms with Crippen molar-refractivity contribution in [3.05, 3.63) is 127 Å². The van der Waals surface area contributed by atoms with Crippen molar-refractivity contribution in [1.82, 2.24) is 0 Å². The first-order valence-electron chi connectivity index (χ1n) is 11.5. The van der Waals surface area contributed by atoms with Crippen LogP contribution in [0.15, 0.2) is 0 Å². The Morgan fingerprint density at radius 1 is 0.319 bits per heavy atom. The van der Waals surface area contributed by atoms with Crippen LogP contribution in [-0.4, -0.2) is 6.13 Å². The number of benzene rings is 4. The quantitative estimate of drug-likeness (QED) is 0.0641. The summed E-state index contributed by atoms with van der Waals surface area (Å²) in [7, 11) is 0. The maximum atomic E-state index is 15.4. The van der Waals surface area contributed by atoms with Crippen LogP contribution < -0.4 is 10.9 Å². The molecule has 4 aromatic rings. The summed E-state index contributed by atoms with van der Waals surface area (Å²) in [6.45, 7) is 0. The first-order valence-corrected chi connectivity index (χ1v) is 11.9. The van der Waals surface area contributed by atoms with Gasteiger partial charge >= 0.3 is 6.13 Å². The Bertz CT molecular complexity index is 1970. The Morgan fingerprint density at radius 3 is 0.936 bits per heavy atom. The summed E-state index contributed by atoms with van der Waals surface area (Å²) in [6, 6.07) is 0. The minimum Gasteiger partial charge on any atom is -0.204 e. The molecule has 0 saturated carbocycles. The van der Waals surface area contributed by atoms with Crippen LogP contribution in [0.5, 0.6) is 0 Å². The maximum Gasteiger partial charge on any atom is 0.325 e. The van der Waals surface area contributed by atoms with Gasteiger partial charge in [0.05, 0.1) is 11.1 Å². The Morgan fingerprint density at radius 2 is 0.574 bits per heavy atom. The second-order valence-corrected chi connectivity index (χ2v) is 9.31. The topological polar surface area (TPSA) is 0 Å². The minimum atomic E-state index is -3.61. The van der Waals surface area contributed by atoms with Crippen molar-refractivity contribution in [2.45, 2.75) is 0 Å². The van der Waals surface area contributed by atoms with Crippen LogP contribution in [0.4, 0.5) is 83.4 Å². The van der Waals surface area contributed by atoms with E-state index in [-0.39, 0.29) is 0 Å².